The van der Waals surface area contributed by atoms with E-state index >= 15 is 0 Å². The van der Waals surface area contributed by atoms with E-state index in [9.17, 15) is 5.26 Å². The van der Waals surface area contributed by atoms with Crippen LogP contribution < -0.4 is 5.32 Å². The van der Waals surface area contributed by atoms with Gasteiger partial charge >= 0.3 is 0 Å². The summed E-state index contributed by atoms with van der Waals surface area (Å²) >= 11 is 0. The van der Waals surface area contributed by atoms with Gasteiger partial charge < -0.3 is 4.79 Å². The fourth-order valence-corrected chi connectivity index (χ4v) is 2.98. The lowest BCUT2D eigenvalue weighted by Crippen LogP contribution is -2.37. The van der Waals surface area contributed by atoms with Crippen LogP contribution in [0.2, 0.25) is 0 Å². The van der Waals surface area contributed by atoms with Gasteiger partial charge in [-0.05, 0) is 65.9 Å². The van der Waals surface area contributed by atoms with Gasteiger partial charge in [0.25, 0.3) is 0 Å². The second kappa shape index (κ2) is 12.8. The first-order chi connectivity index (χ1) is 12.2. The highest BCUT2D eigenvalue weighted by molar-refractivity contribution is 5.44. The second-order valence-corrected chi connectivity index (χ2v) is 7.94. The smallest absolute Gasteiger partial charge is 0.116 e. The average Bonchev–Trinajstić information content (AvgIpc) is 2.55. The number of hydrogen-bond acceptors (Lipinski definition) is 4. The lowest BCUT2D eigenvalue weighted by molar-refractivity contribution is -0.106. The van der Waals surface area contributed by atoms with Gasteiger partial charge in [0.05, 0.1) is 12.1 Å². The van der Waals surface area contributed by atoms with Crippen molar-refractivity contribution in [3.05, 3.63) is 22.8 Å². The van der Waals surface area contributed by atoms with E-state index in [1.54, 1.807) is 0 Å². The molecule has 0 saturated carbocycles. The molecule has 0 radical (unpaired) electrons. The van der Waals surface area contributed by atoms with E-state index < -0.39 is 0 Å². The summed E-state index contributed by atoms with van der Waals surface area (Å²) in [6, 6.07) is 3.23. The number of rotatable bonds is 7. The van der Waals surface area contributed by atoms with Crippen LogP contribution in [0.1, 0.15) is 68.2 Å². The van der Waals surface area contributed by atoms with Gasteiger partial charge in [0, 0.05) is 25.2 Å². The van der Waals surface area contributed by atoms with E-state index in [2.05, 4.69) is 70.8 Å². The van der Waals surface area contributed by atoms with E-state index in [0.29, 0.717) is 18.0 Å². The first-order valence-electron chi connectivity index (χ1n) is 9.84. The summed E-state index contributed by atoms with van der Waals surface area (Å²) in [6.45, 7) is 19.1. The number of aldehydes is 1. The fourth-order valence-electron chi connectivity index (χ4n) is 2.98. The van der Waals surface area contributed by atoms with Crippen LogP contribution in [0.25, 0.3) is 0 Å². The van der Waals surface area contributed by atoms with Gasteiger partial charge in [-0.15, -0.1) is 0 Å². The summed E-state index contributed by atoms with van der Waals surface area (Å²) in [5.41, 5.74) is 4.34. The Kier molecular flexibility index (Phi) is 12.1. The standard InChI is InChI=1S/C20H35N3.C2H4O/c1-14(2)18(11-20(12-21)22-15(3)4)10-19-13-23(16(5)6)9-8-17(19)7;1-2-3/h10,14-16,20,22H,8-9,11,13H2,1-7H3;2H,1H3/b18-10-;. The van der Waals surface area contributed by atoms with Crippen molar-refractivity contribution in [2.45, 2.75) is 86.4 Å². The van der Waals surface area contributed by atoms with E-state index in [4.69, 9.17) is 4.79 Å². The molecular formula is C22H39N3O. The molecule has 4 nitrogen and oxygen atoms in total. The van der Waals surface area contributed by atoms with Crippen LogP contribution >= 0.6 is 0 Å². The number of nitrogens with one attached hydrogen (secondary N) is 1. The largest absolute Gasteiger partial charge is 0.304 e. The number of nitrogens with zero attached hydrogens (tertiary/aromatic N) is 2. The SMILES string of the molecule is CC1=C(/C=C(/CC(C#N)NC(C)C)C(C)C)CN(C(C)C)CC1.CC=O. The van der Waals surface area contributed by atoms with Crippen molar-refractivity contribution >= 4 is 6.29 Å². The number of carbonyl (C=O) groups excluding carboxylic acids is 1. The zero-order chi connectivity index (χ0) is 20.3. The van der Waals surface area contributed by atoms with E-state index in [1.165, 1.54) is 23.6 Å². The summed E-state index contributed by atoms with van der Waals surface area (Å²) in [6.07, 6.45) is 5.09. The van der Waals surface area contributed by atoms with Gasteiger partial charge in [0.1, 0.15) is 6.29 Å². The third-order valence-electron chi connectivity index (χ3n) is 4.66. The molecule has 26 heavy (non-hydrogen) atoms. The molecule has 1 heterocycles. The molecule has 1 rings (SSSR count). The molecular weight excluding hydrogens is 322 g/mol. The molecule has 0 aromatic rings. The zero-order valence-electron chi connectivity index (χ0n) is 18.1. The predicted molar refractivity (Wildman–Crippen MR) is 111 cm³/mol. The summed E-state index contributed by atoms with van der Waals surface area (Å²) in [5, 5.41) is 12.8. The highest BCUT2D eigenvalue weighted by atomic mass is 16.1. The van der Waals surface area contributed by atoms with Crippen molar-refractivity contribution in [2.24, 2.45) is 5.92 Å². The second-order valence-electron chi connectivity index (χ2n) is 7.94. The lowest BCUT2D eigenvalue weighted by Gasteiger charge is -2.32. The van der Waals surface area contributed by atoms with Crippen LogP contribution in [-0.4, -0.2) is 42.4 Å². The molecule has 1 aliphatic heterocycles. The molecule has 1 atom stereocenters. The molecule has 0 aromatic carbocycles. The van der Waals surface area contributed by atoms with Gasteiger partial charge in [-0.1, -0.05) is 31.1 Å². The third kappa shape index (κ3) is 9.31. The maximum Gasteiger partial charge on any atom is 0.116 e. The minimum Gasteiger partial charge on any atom is -0.304 e. The van der Waals surface area contributed by atoms with Crippen molar-refractivity contribution in [1.82, 2.24) is 10.2 Å². The number of nitriles is 1. The Hall–Kier alpha value is -1.44. The van der Waals surface area contributed by atoms with Crippen LogP contribution in [0.4, 0.5) is 0 Å². The first kappa shape index (κ1) is 24.6. The highest BCUT2D eigenvalue weighted by Gasteiger charge is 2.19. The Morgan fingerprint density at radius 1 is 1.27 bits per heavy atom. The average molecular weight is 362 g/mol. The third-order valence-corrected chi connectivity index (χ3v) is 4.66. The van der Waals surface area contributed by atoms with Gasteiger partial charge in [0.2, 0.25) is 0 Å². The Morgan fingerprint density at radius 2 is 1.85 bits per heavy atom. The van der Waals surface area contributed by atoms with Gasteiger partial charge in [-0.2, -0.15) is 5.26 Å². The number of hydrogen-bond donors (Lipinski definition) is 1. The van der Waals surface area contributed by atoms with E-state index in [0.717, 1.165) is 32.2 Å². The Labute approximate surface area is 161 Å². The molecule has 4 heteroatoms. The van der Waals surface area contributed by atoms with Crippen molar-refractivity contribution in [3.63, 3.8) is 0 Å². The molecule has 0 aliphatic carbocycles. The molecule has 0 amide bonds. The maximum absolute atomic E-state index is 9.42. The normalized spacial score (nSPS) is 17.2. The minimum atomic E-state index is -0.102. The molecule has 0 fully saturated rings. The number of carbonyl (C=O) groups is 1. The summed E-state index contributed by atoms with van der Waals surface area (Å²) in [4.78, 5) is 11.3. The lowest BCUT2D eigenvalue weighted by atomic mass is 9.91. The maximum atomic E-state index is 9.42. The van der Waals surface area contributed by atoms with Crippen LogP contribution in [0.3, 0.4) is 0 Å². The van der Waals surface area contributed by atoms with Crippen molar-refractivity contribution in [2.75, 3.05) is 13.1 Å². The van der Waals surface area contributed by atoms with Gasteiger partial charge in [0.15, 0.2) is 0 Å². The Morgan fingerprint density at radius 3 is 2.27 bits per heavy atom. The summed E-state index contributed by atoms with van der Waals surface area (Å²) in [5.74, 6) is 0.467. The van der Waals surface area contributed by atoms with Crippen molar-refractivity contribution in [1.29, 1.82) is 5.26 Å². The van der Waals surface area contributed by atoms with Gasteiger partial charge in [-0.3, -0.25) is 10.2 Å². The zero-order valence-corrected chi connectivity index (χ0v) is 18.1. The molecule has 148 valence electrons. The quantitative estimate of drug-likeness (QED) is 0.679. The fraction of sp³-hybridized carbons (Fsp3) is 0.727. The molecule has 0 saturated heterocycles. The molecule has 1 aliphatic rings. The van der Waals surface area contributed by atoms with Crippen molar-refractivity contribution in [3.8, 4) is 6.07 Å². The predicted octanol–water partition coefficient (Wildman–Crippen LogP) is 4.48. The topological polar surface area (TPSA) is 56.1 Å². The molecule has 0 bridgehead atoms. The van der Waals surface area contributed by atoms with Crippen molar-refractivity contribution < 1.29 is 4.79 Å². The van der Waals surface area contributed by atoms with Crippen LogP contribution in [-0.2, 0) is 4.79 Å². The first-order valence-corrected chi connectivity index (χ1v) is 9.84. The summed E-state index contributed by atoms with van der Waals surface area (Å²) < 4.78 is 0. The minimum absolute atomic E-state index is 0.102. The highest BCUT2D eigenvalue weighted by Crippen LogP contribution is 2.25. The van der Waals surface area contributed by atoms with Crippen LogP contribution in [0, 0.1) is 17.2 Å². The molecule has 1 unspecified atom stereocenters. The van der Waals surface area contributed by atoms with Crippen LogP contribution in [0.15, 0.2) is 22.8 Å². The van der Waals surface area contributed by atoms with E-state index in [-0.39, 0.29) is 6.04 Å². The Balaban J connectivity index is 0.00000194. The molecule has 0 spiro atoms. The Bertz CT molecular complexity index is 524. The monoisotopic (exact) mass is 361 g/mol. The van der Waals surface area contributed by atoms with Gasteiger partial charge in [-0.25, -0.2) is 0 Å². The molecule has 1 N–H and O–H groups in total. The molecule has 0 aromatic heterocycles. The van der Waals surface area contributed by atoms with Crippen LogP contribution in [0.5, 0.6) is 0 Å². The van der Waals surface area contributed by atoms with E-state index in [1.807, 2.05) is 0 Å². The summed E-state index contributed by atoms with van der Waals surface area (Å²) in [7, 11) is 0.